The molecule has 0 radical (unpaired) electrons. The average molecular weight is 492 g/mol. The number of ether oxygens (including phenoxy) is 1. The van der Waals surface area contributed by atoms with Crippen molar-refractivity contribution in [2.45, 2.75) is 59.8 Å². The van der Waals surface area contributed by atoms with Gasteiger partial charge in [-0.25, -0.2) is 9.59 Å². The first-order valence-electron chi connectivity index (χ1n) is 11.8. The minimum atomic E-state index is -1.27. The average Bonchev–Trinajstić information content (AvgIpc) is 2.78. The van der Waals surface area contributed by atoms with Crippen LogP contribution < -0.4 is 16.0 Å². The molecule has 3 rings (SSSR count). The molecule has 0 fully saturated rings. The van der Waals surface area contributed by atoms with Crippen molar-refractivity contribution >= 4 is 40.1 Å². The van der Waals surface area contributed by atoms with Crippen molar-refractivity contribution in [2.75, 3.05) is 10.6 Å². The summed E-state index contributed by atoms with van der Waals surface area (Å²) in [5.74, 6) is -1.85. The molecule has 0 aliphatic rings. The molecule has 1 unspecified atom stereocenters. The van der Waals surface area contributed by atoms with Crippen LogP contribution in [0, 0.1) is 20.8 Å². The molecule has 3 aromatic carbocycles. The number of fused-ring (bicyclic) bond motifs is 1. The van der Waals surface area contributed by atoms with Crippen molar-refractivity contribution in [2.24, 2.45) is 0 Å². The molecule has 3 amide bonds. The van der Waals surface area contributed by atoms with Crippen molar-refractivity contribution in [3.63, 3.8) is 0 Å². The molecular formula is C28H33N3O5. The number of anilines is 2. The molecule has 0 aliphatic carbocycles. The van der Waals surface area contributed by atoms with Crippen LogP contribution in [0.4, 0.5) is 16.2 Å². The molecule has 0 aromatic heterocycles. The maximum Gasteiger partial charge on any atom is 0.328 e. The molecule has 8 heteroatoms. The number of carbonyl (C=O) groups is 3. The van der Waals surface area contributed by atoms with Crippen molar-refractivity contribution in [1.82, 2.24) is 5.32 Å². The van der Waals surface area contributed by atoms with Crippen LogP contribution >= 0.6 is 0 Å². The van der Waals surface area contributed by atoms with Crippen molar-refractivity contribution < 1.29 is 24.2 Å². The summed E-state index contributed by atoms with van der Waals surface area (Å²) in [6.45, 7) is 11.0. The number of aryl methyl sites for hydroxylation is 3. The fraction of sp³-hybridized carbons (Fsp3) is 0.321. The first-order valence-corrected chi connectivity index (χ1v) is 11.8. The van der Waals surface area contributed by atoms with E-state index in [9.17, 15) is 19.5 Å². The Morgan fingerprint density at radius 1 is 0.861 bits per heavy atom. The zero-order valence-corrected chi connectivity index (χ0v) is 21.4. The van der Waals surface area contributed by atoms with Crippen LogP contribution in [0.2, 0.25) is 0 Å². The van der Waals surface area contributed by atoms with Gasteiger partial charge in [-0.05, 0) is 75.6 Å². The van der Waals surface area contributed by atoms with E-state index in [4.69, 9.17) is 4.74 Å². The highest BCUT2D eigenvalue weighted by Crippen LogP contribution is 2.26. The highest BCUT2D eigenvalue weighted by molar-refractivity contribution is 6.10. The number of carboxylic acid groups (broad SMARTS) is 1. The molecule has 36 heavy (non-hydrogen) atoms. The molecule has 0 bridgehead atoms. The van der Waals surface area contributed by atoms with E-state index in [1.807, 2.05) is 57.2 Å². The van der Waals surface area contributed by atoms with E-state index in [-0.39, 0.29) is 17.4 Å². The number of nitrogens with one attached hydrogen (secondary N) is 3. The number of benzene rings is 3. The SMILES string of the molecule is Cc1cc(C)c(NC(=O)Nc2cc3ccccc3cc2C(=O)N[C@H](C(=O)O)C(C)OC(C)C)c(C)c1. The van der Waals surface area contributed by atoms with E-state index in [1.54, 1.807) is 32.9 Å². The predicted molar refractivity (Wildman–Crippen MR) is 142 cm³/mol. The smallest absolute Gasteiger partial charge is 0.328 e. The van der Waals surface area contributed by atoms with E-state index >= 15 is 0 Å². The Hall–Kier alpha value is -3.91. The maximum atomic E-state index is 13.3. The van der Waals surface area contributed by atoms with Crippen LogP contribution in [0.3, 0.4) is 0 Å². The molecule has 4 N–H and O–H groups in total. The van der Waals surface area contributed by atoms with Gasteiger partial charge in [0.05, 0.1) is 23.5 Å². The van der Waals surface area contributed by atoms with Gasteiger partial charge < -0.3 is 25.8 Å². The molecule has 0 aliphatic heterocycles. The summed E-state index contributed by atoms with van der Waals surface area (Å²) in [5.41, 5.74) is 4.02. The van der Waals surface area contributed by atoms with Crippen LogP contribution in [0.1, 0.15) is 47.8 Å². The number of carboxylic acids is 1. The minimum Gasteiger partial charge on any atom is -0.480 e. The zero-order valence-electron chi connectivity index (χ0n) is 21.4. The van der Waals surface area contributed by atoms with Crippen LogP contribution in [-0.4, -0.2) is 41.3 Å². The van der Waals surface area contributed by atoms with Gasteiger partial charge in [-0.1, -0.05) is 42.0 Å². The number of hydrogen-bond acceptors (Lipinski definition) is 4. The maximum absolute atomic E-state index is 13.3. The molecule has 3 aromatic rings. The largest absolute Gasteiger partial charge is 0.480 e. The van der Waals surface area contributed by atoms with Gasteiger partial charge >= 0.3 is 12.0 Å². The third-order valence-corrected chi connectivity index (χ3v) is 5.80. The third kappa shape index (κ3) is 6.40. The van der Waals surface area contributed by atoms with E-state index in [0.29, 0.717) is 5.69 Å². The predicted octanol–water partition coefficient (Wildman–Crippen LogP) is 5.41. The van der Waals surface area contributed by atoms with Gasteiger partial charge in [0.2, 0.25) is 0 Å². The Bertz CT molecular complexity index is 1280. The van der Waals surface area contributed by atoms with E-state index in [0.717, 1.165) is 27.5 Å². The third-order valence-electron chi connectivity index (χ3n) is 5.80. The minimum absolute atomic E-state index is 0.143. The van der Waals surface area contributed by atoms with Gasteiger partial charge in [-0.15, -0.1) is 0 Å². The number of carbonyl (C=O) groups excluding carboxylic acids is 2. The van der Waals surface area contributed by atoms with E-state index < -0.39 is 30.1 Å². The van der Waals surface area contributed by atoms with Gasteiger partial charge in [-0.3, -0.25) is 4.79 Å². The van der Waals surface area contributed by atoms with Gasteiger partial charge in [-0.2, -0.15) is 0 Å². The molecule has 8 nitrogen and oxygen atoms in total. The van der Waals surface area contributed by atoms with Crippen LogP contribution in [0.15, 0.2) is 48.5 Å². The topological polar surface area (TPSA) is 117 Å². The summed E-state index contributed by atoms with van der Waals surface area (Å²) in [5, 5.41) is 19.5. The summed E-state index contributed by atoms with van der Waals surface area (Å²) in [6, 6.07) is 12.9. The number of aliphatic carboxylic acids is 1. The Morgan fingerprint density at radius 2 is 1.44 bits per heavy atom. The Balaban J connectivity index is 1.93. The molecule has 0 spiro atoms. The number of hydrogen-bond donors (Lipinski definition) is 4. The summed E-state index contributed by atoms with van der Waals surface area (Å²) in [6.07, 6.45) is -0.979. The summed E-state index contributed by atoms with van der Waals surface area (Å²) < 4.78 is 5.60. The Kier molecular flexibility index (Phi) is 8.32. The monoisotopic (exact) mass is 491 g/mol. The first-order chi connectivity index (χ1) is 17.0. The number of urea groups is 1. The van der Waals surface area contributed by atoms with Crippen molar-refractivity contribution in [1.29, 1.82) is 0 Å². The molecule has 0 saturated carbocycles. The van der Waals surface area contributed by atoms with Crippen LogP contribution in [0.5, 0.6) is 0 Å². The first kappa shape index (κ1) is 26.7. The van der Waals surface area contributed by atoms with Crippen LogP contribution in [0.25, 0.3) is 10.8 Å². The Morgan fingerprint density at radius 3 is 2.00 bits per heavy atom. The van der Waals surface area contributed by atoms with Gasteiger partial charge in [0, 0.05) is 5.69 Å². The fourth-order valence-electron chi connectivity index (χ4n) is 4.28. The quantitative estimate of drug-likeness (QED) is 0.336. The lowest BCUT2D eigenvalue weighted by Crippen LogP contribution is -2.49. The number of rotatable bonds is 8. The highest BCUT2D eigenvalue weighted by Gasteiger charge is 2.29. The van der Waals surface area contributed by atoms with Gasteiger partial charge in [0.25, 0.3) is 5.91 Å². The molecule has 0 heterocycles. The summed E-state index contributed by atoms with van der Waals surface area (Å²) in [7, 11) is 0. The second kappa shape index (κ2) is 11.2. The normalized spacial score (nSPS) is 12.8. The number of amides is 3. The van der Waals surface area contributed by atoms with Crippen LogP contribution in [-0.2, 0) is 9.53 Å². The summed E-state index contributed by atoms with van der Waals surface area (Å²) >= 11 is 0. The Labute approximate surface area is 211 Å². The fourth-order valence-corrected chi connectivity index (χ4v) is 4.28. The molecule has 190 valence electrons. The second-order valence-electron chi connectivity index (χ2n) is 9.28. The molecule has 2 atom stereocenters. The van der Waals surface area contributed by atoms with Gasteiger partial charge in [0.1, 0.15) is 0 Å². The lowest BCUT2D eigenvalue weighted by Gasteiger charge is -2.24. The molecular weight excluding hydrogens is 458 g/mol. The second-order valence-corrected chi connectivity index (χ2v) is 9.28. The zero-order chi connectivity index (χ0) is 26.6. The standard InChI is InChI=1S/C28H33N3O5/c1-15(2)36-19(6)25(27(33)34)30-26(32)22-13-20-9-7-8-10-21(20)14-23(22)29-28(35)31-24-17(4)11-16(3)12-18(24)5/h7-15,19,25H,1-6H3,(H,30,32)(H,33,34)(H2,29,31,35)/t19?,25-/m0/s1. The summed E-state index contributed by atoms with van der Waals surface area (Å²) in [4.78, 5) is 38.2. The van der Waals surface area contributed by atoms with E-state index in [1.165, 1.54) is 0 Å². The van der Waals surface area contributed by atoms with Gasteiger partial charge in [0.15, 0.2) is 6.04 Å². The van der Waals surface area contributed by atoms with E-state index in [2.05, 4.69) is 16.0 Å². The lowest BCUT2D eigenvalue weighted by atomic mass is 10.0. The highest BCUT2D eigenvalue weighted by atomic mass is 16.5. The van der Waals surface area contributed by atoms with Crippen molar-refractivity contribution in [3.8, 4) is 0 Å². The van der Waals surface area contributed by atoms with Crippen molar-refractivity contribution in [3.05, 3.63) is 70.8 Å². The lowest BCUT2D eigenvalue weighted by molar-refractivity contribution is -0.144. The molecule has 0 saturated heterocycles.